The summed E-state index contributed by atoms with van der Waals surface area (Å²) in [7, 11) is 0. The van der Waals surface area contributed by atoms with Crippen molar-refractivity contribution < 1.29 is 5.11 Å². The van der Waals surface area contributed by atoms with Crippen molar-refractivity contribution in [3.63, 3.8) is 0 Å². The van der Waals surface area contributed by atoms with Gasteiger partial charge in [-0.2, -0.15) is 4.98 Å². The molecule has 0 aliphatic heterocycles. The van der Waals surface area contributed by atoms with Gasteiger partial charge in [-0.15, -0.1) is 0 Å². The van der Waals surface area contributed by atoms with Gasteiger partial charge in [-0.3, -0.25) is 9.36 Å². The number of hydrogen-bond donors (Lipinski definition) is 1. The van der Waals surface area contributed by atoms with E-state index in [0.29, 0.717) is 17.1 Å². The van der Waals surface area contributed by atoms with Crippen molar-refractivity contribution in [2.45, 2.75) is 64.5 Å². The summed E-state index contributed by atoms with van der Waals surface area (Å²) in [5.74, 6) is 0.708. The average molecular weight is 418 g/mol. The SMILES string of the molecule is CCCCCCCc1c(O)nc(SCCN(CC)CC)n(-c2ccccc2)c1=O. The van der Waals surface area contributed by atoms with Gasteiger partial charge in [0.25, 0.3) is 5.56 Å². The van der Waals surface area contributed by atoms with E-state index in [1.165, 1.54) is 24.6 Å². The Morgan fingerprint density at radius 1 is 1.03 bits per heavy atom. The Labute approximate surface area is 179 Å². The summed E-state index contributed by atoms with van der Waals surface area (Å²) in [6.07, 6.45) is 6.09. The highest BCUT2D eigenvalue weighted by Gasteiger charge is 2.18. The molecule has 5 nitrogen and oxygen atoms in total. The van der Waals surface area contributed by atoms with E-state index in [-0.39, 0.29) is 11.4 Å². The van der Waals surface area contributed by atoms with Gasteiger partial charge in [0, 0.05) is 12.3 Å². The Hall–Kier alpha value is -1.79. The largest absolute Gasteiger partial charge is 0.493 e. The smallest absolute Gasteiger partial charge is 0.265 e. The average Bonchev–Trinajstić information content (AvgIpc) is 2.73. The monoisotopic (exact) mass is 417 g/mol. The first-order valence-electron chi connectivity index (χ1n) is 10.9. The van der Waals surface area contributed by atoms with Crippen LogP contribution in [0.5, 0.6) is 5.88 Å². The number of thioether (sulfide) groups is 1. The number of aromatic nitrogens is 2. The molecule has 0 aliphatic carbocycles. The molecule has 6 heteroatoms. The first-order valence-corrected chi connectivity index (χ1v) is 11.9. The second kappa shape index (κ2) is 12.7. The van der Waals surface area contributed by atoms with Gasteiger partial charge in [0.15, 0.2) is 5.16 Å². The van der Waals surface area contributed by atoms with Crippen molar-refractivity contribution in [2.75, 3.05) is 25.4 Å². The molecular weight excluding hydrogens is 382 g/mol. The Bertz CT molecular complexity index is 789. The molecule has 1 heterocycles. The molecular formula is C23H35N3O2S. The van der Waals surface area contributed by atoms with E-state index in [9.17, 15) is 9.90 Å². The fourth-order valence-corrected chi connectivity index (χ4v) is 4.36. The van der Waals surface area contributed by atoms with Crippen molar-refractivity contribution in [2.24, 2.45) is 0 Å². The van der Waals surface area contributed by atoms with Gasteiger partial charge in [-0.05, 0) is 38.1 Å². The van der Waals surface area contributed by atoms with Crippen LogP contribution in [0.15, 0.2) is 40.3 Å². The molecule has 0 spiro atoms. The fraction of sp³-hybridized carbons (Fsp3) is 0.565. The van der Waals surface area contributed by atoms with Gasteiger partial charge >= 0.3 is 0 Å². The molecule has 2 rings (SSSR count). The van der Waals surface area contributed by atoms with Crippen molar-refractivity contribution in [1.29, 1.82) is 0 Å². The van der Waals surface area contributed by atoms with Crippen LogP contribution in [0.3, 0.4) is 0 Å². The highest BCUT2D eigenvalue weighted by atomic mass is 32.2. The predicted molar refractivity (Wildman–Crippen MR) is 122 cm³/mol. The maximum atomic E-state index is 13.3. The van der Waals surface area contributed by atoms with E-state index in [4.69, 9.17) is 0 Å². The highest BCUT2D eigenvalue weighted by molar-refractivity contribution is 7.99. The third kappa shape index (κ3) is 6.89. The number of unbranched alkanes of at least 4 members (excludes halogenated alkanes) is 4. The molecule has 0 fully saturated rings. The molecule has 1 aromatic carbocycles. The van der Waals surface area contributed by atoms with Crippen LogP contribution in [0.1, 0.15) is 58.4 Å². The minimum absolute atomic E-state index is 0.108. The van der Waals surface area contributed by atoms with Crippen LogP contribution >= 0.6 is 11.8 Å². The second-order valence-corrected chi connectivity index (χ2v) is 8.27. The molecule has 0 radical (unpaired) electrons. The molecule has 1 aromatic heterocycles. The molecule has 0 bridgehead atoms. The van der Waals surface area contributed by atoms with Crippen LogP contribution < -0.4 is 5.56 Å². The number of rotatable bonds is 13. The van der Waals surface area contributed by atoms with Crippen LogP contribution in [-0.2, 0) is 6.42 Å². The van der Waals surface area contributed by atoms with Crippen LogP contribution in [0.25, 0.3) is 5.69 Å². The van der Waals surface area contributed by atoms with Gasteiger partial charge in [0.05, 0.1) is 11.3 Å². The molecule has 0 saturated heterocycles. The molecule has 1 N–H and O–H groups in total. The predicted octanol–water partition coefficient (Wildman–Crippen LogP) is 4.88. The zero-order valence-electron chi connectivity index (χ0n) is 18.1. The molecule has 0 atom stereocenters. The minimum Gasteiger partial charge on any atom is -0.493 e. The number of aromatic hydroxyl groups is 1. The molecule has 29 heavy (non-hydrogen) atoms. The van der Waals surface area contributed by atoms with E-state index in [0.717, 1.165) is 50.3 Å². The summed E-state index contributed by atoms with van der Waals surface area (Å²) in [4.78, 5) is 20.1. The number of nitrogens with zero attached hydrogens (tertiary/aromatic N) is 3. The quantitative estimate of drug-likeness (QED) is 0.286. The molecule has 2 aromatic rings. The molecule has 0 unspecified atom stereocenters. The van der Waals surface area contributed by atoms with Crippen LogP contribution in [0.2, 0.25) is 0 Å². The fourth-order valence-electron chi connectivity index (χ4n) is 3.36. The summed E-state index contributed by atoms with van der Waals surface area (Å²) in [5, 5.41) is 11.1. The van der Waals surface area contributed by atoms with Crippen LogP contribution in [0.4, 0.5) is 0 Å². The van der Waals surface area contributed by atoms with Crippen molar-refractivity contribution in [3.8, 4) is 11.6 Å². The van der Waals surface area contributed by atoms with Crippen molar-refractivity contribution >= 4 is 11.8 Å². The lowest BCUT2D eigenvalue weighted by Gasteiger charge is -2.18. The minimum atomic E-state index is -0.149. The number of benzene rings is 1. The number of para-hydroxylation sites is 1. The van der Waals surface area contributed by atoms with E-state index in [2.05, 4.69) is 30.7 Å². The third-order valence-electron chi connectivity index (χ3n) is 5.20. The summed E-state index contributed by atoms with van der Waals surface area (Å²) in [6.45, 7) is 9.39. The van der Waals surface area contributed by atoms with Crippen LogP contribution in [0, 0.1) is 0 Å². The topological polar surface area (TPSA) is 58.4 Å². The van der Waals surface area contributed by atoms with Crippen molar-refractivity contribution in [1.82, 2.24) is 14.5 Å². The van der Waals surface area contributed by atoms with E-state index in [1.807, 2.05) is 30.3 Å². The maximum Gasteiger partial charge on any atom is 0.265 e. The van der Waals surface area contributed by atoms with Gasteiger partial charge in [-0.25, -0.2) is 0 Å². The van der Waals surface area contributed by atoms with Crippen molar-refractivity contribution in [3.05, 3.63) is 46.2 Å². The Morgan fingerprint density at radius 3 is 2.38 bits per heavy atom. The standard InChI is InChI=1S/C23H35N3O2S/c1-4-7-8-9-13-16-20-21(27)24-23(29-18-17-25(5-2)6-3)26(22(20)28)19-14-11-10-12-15-19/h10-12,14-15,27H,4-9,13,16-18H2,1-3H3. The lowest BCUT2D eigenvalue weighted by Crippen LogP contribution is -2.27. The van der Waals surface area contributed by atoms with E-state index < -0.39 is 0 Å². The first kappa shape index (κ1) is 23.5. The molecule has 160 valence electrons. The summed E-state index contributed by atoms with van der Waals surface area (Å²) < 4.78 is 1.66. The first-order chi connectivity index (χ1) is 14.1. The lowest BCUT2D eigenvalue weighted by atomic mass is 10.1. The second-order valence-electron chi connectivity index (χ2n) is 7.21. The Kier molecular flexibility index (Phi) is 10.3. The van der Waals surface area contributed by atoms with E-state index >= 15 is 0 Å². The third-order valence-corrected chi connectivity index (χ3v) is 6.12. The van der Waals surface area contributed by atoms with Gasteiger partial charge in [0.1, 0.15) is 0 Å². The van der Waals surface area contributed by atoms with Gasteiger partial charge in [0.2, 0.25) is 5.88 Å². The molecule has 0 aliphatic rings. The molecule has 0 saturated carbocycles. The Morgan fingerprint density at radius 2 is 1.72 bits per heavy atom. The highest BCUT2D eigenvalue weighted by Crippen LogP contribution is 2.23. The van der Waals surface area contributed by atoms with E-state index in [1.54, 1.807) is 4.57 Å². The molecule has 0 amide bonds. The van der Waals surface area contributed by atoms with Gasteiger partial charge in [-0.1, -0.05) is 76.4 Å². The summed E-state index contributed by atoms with van der Waals surface area (Å²) in [5.41, 5.74) is 1.07. The Balaban J connectivity index is 2.27. The van der Waals surface area contributed by atoms with Crippen LogP contribution in [-0.4, -0.2) is 44.9 Å². The summed E-state index contributed by atoms with van der Waals surface area (Å²) in [6, 6.07) is 9.61. The zero-order chi connectivity index (χ0) is 21.1. The van der Waals surface area contributed by atoms with Gasteiger partial charge < -0.3 is 10.0 Å². The lowest BCUT2D eigenvalue weighted by molar-refractivity contribution is 0.323. The summed E-state index contributed by atoms with van der Waals surface area (Å²) >= 11 is 1.52. The number of hydrogen-bond acceptors (Lipinski definition) is 5. The zero-order valence-corrected chi connectivity index (χ0v) is 18.9. The maximum absolute atomic E-state index is 13.3. The normalized spacial score (nSPS) is 11.3.